The minimum atomic E-state index is -3.86. The van der Waals surface area contributed by atoms with Gasteiger partial charge in [-0.05, 0) is 37.8 Å². The number of carbonyl (C=O) groups excluding carboxylic acids is 1. The number of para-hydroxylation sites is 1. The lowest BCUT2D eigenvalue weighted by atomic mass is 9.94. The molecule has 0 fully saturated rings. The van der Waals surface area contributed by atoms with Crippen molar-refractivity contribution in [1.82, 2.24) is 9.88 Å². The topological polar surface area (TPSA) is 92.5 Å². The van der Waals surface area contributed by atoms with Crippen molar-refractivity contribution in [2.75, 3.05) is 18.0 Å². The zero-order valence-corrected chi connectivity index (χ0v) is 15.3. The molecule has 1 atom stereocenters. The van der Waals surface area contributed by atoms with Crippen LogP contribution < -0.4 is 9.62 Å². The summed E-state index contributed by atoms with van der Waals surface area (Å²) >= 11 is 0. The van der Waals surface area contributed by atoms with Gasteiger partial charge in [-0.1, -0.05) is 30.3 Å². The lowest BCUT2D eigenvalue weighted by Gasteiger charge is -2.33. The van der Waals surface area contributed by atoms with Gasteiger partial charge in [0.1, 0.15) is 10.6 Å². The number of hydrogen-bond donors (Lipinski definition) is 1. The Labute approximate surface area is 147 Å². The maximum atomic E-state index is 12.7. The fraction of sp³-hybridized carbons (Fsp3) is 0.412. The Bertz CT molecular complexity index is 885. The maximum absolute atomic E-state index is 12.7. The minimum absolute atomic E-state index is 0.00675. The van der Waals surface area contributed by atoms with Gasteiger partial charge in [0.05, 0.1) is 6.54 Å². The van der Waals surface area contributed by atoms with Gasteiger partial charge < -0.3 is 9.42 Å². The third kappa shape index (κ3) is 3.45. The summed E-state index contributed by atoms with van der Waals surface area (Å²) in [6.07, 6.45) is 0.907. The smallest absolute Gasteiger partial charge is 0.246 e. The first kappa shape index (κ1) is 17.6. The van der Waals surface area contributed by atoms with Crippen molar-refractivity contribution in [2.24, 2.45) is 5.92 Å². The lowest BCUT2D eigenvalue weighted by Crippen LogP contribution is -2.44. The summed E-state index contributed by atoms with van der Waals surface area (Å²) in [5.41, 5.74) is 2.22. The summed E-state index contributed by atoms with van der Waals surface area (Å²) in [6, 6.07) is 7.71. The molecule has 0 saturated heterocycles. The molecule has 0 bridgehead atoms. The van der Waals surface area contributed by atoms with E-state index in [0.29, 0.717) is 12.5 Å². The zero-order valence-electron chi connectivity index (χ0n) is 14.4. The van der Waals surface area contributed by atoms with Crippen LogP contribution in [0.15, 0.2) is 33.7 Å². The molecule has 0 aliphatic carbocycles. The number of hydrogen-bond acceptors (Lipinski definition) is 5. The van der Waals surface area contributed by atoms with Gasteiger partial charge in [-0.25, -0.2) is 13.1 Å². The second-order valence-corrected chi connectivity index (χ2v) is 8.12. The molecule has 7 nitrogen and oxygen atoms in total. The van der Waals surface area contributed by atoms with Crippen LogP contribution in [-0.2, 0) is 21.2 Å². The fourth-order valence-electron chi connectivity index (χ4n) is 3.22. The summed E-state index contributed by atoms with van der Waals surface area (Å²) < 4.78 is 32.2. The molecule has 2 heterocycles. The van der Waals surface area contributed by atoms with E-state index in [0.717, 1.165) is 17.7 Å². The number of amides is 1. The van der Waals surface area contributed by atoms with E-state index >= 15 is 0 Å². The highest BCUT2D eigenvalue weighted by Gasteiger charge is 2.29. The SMILES string of the molecule is Cc1noc(C)c1S(=O)(=O)NCC(=O)N1CC(C)Cc2ccccc21. The summed E-state index contributed by atoms with van der Waals surface area (Å²) in [5, 5.41) is 3.65. The Hall–Kier alpha value is -2.19. The first-order valence-corrected chi connectivity index (χ1v) is 9.58. The molecule has 0 spiro atoms. The largest absolute Gasteiger partial charge is 0.360 e. The molecule has 2 aromatic rings. The van der Waals surface area contributed by atoms with Crippen molar-refractivity contribution < 1.29 is 17.7 Å². The highest BCUT2D eigenvalue weighted by atomic mass is 32.2. The first-order valence-electron chi connectivity index (χ1n) is 8.10. The van der Waals surface area contributed by atoms with Crippen molar-refractivity contribution in [3.63, 3.8) is 0 Å². The molecule has 134 valence electrons. The molecule has 0 radical (unpaired) electrons. The Kier molecular flexibility index (Phi) is 4.66. The van der Waals surface area contributed by atoms with Crippen LogP contribution in [-0.4, -0.2) is 32.6 Å². The van der Waals surface area contributed by atoms with Crippen LogP contribution in [0.4, 0.5) is 5.69 Å². The Morgan fingerprint density at radius 2 is 2.08 bits per heavy atom. The molecule has 25 heavy (non-hydrogen) atoms. The van der Waals surface area contributed by atoms with Gasteiger partial charge in [0.25, 0.3) is 0 Å². The number of fused-ring (bicyclic) bond motifs is 1. The molecule has 1 amide bonds. The second kappa shape index (κ2) is 6.61. The van der Waals surface area contributed by atoms with Gasteiger partial charge in [0.15, 0.2) is 5.76 Å². The van der Waals surface area contributed by atoms with Gasteiger partial charge in [-0.2, -0.15) is 0 Å². The first-order chi connectivity index (χ1) is 11.8. The molecule has 1 aromatic carbocycles. The highest BCUT2D eigenvalue weighted by molar-refractivity contribution is 7.89. The van der Waals surface area contributed by atoms with Crippen LogP contribution >= 0.6 is 0 Å². The highest BCUT2D eigenvalue weighted by Crippen LogP contribution is 2.29. The number of nitrogens with one attached hydrogen (secondary N) is 1. The Balaban J connectivity index is 1.77. The van der Waals surface area contributed by atoms with Crippen molar-refractivity contribution >= 4 is 21.6 Å². The number of nitrogens with zero attached hydrogens (tertiary/aromatic N) is 2. The van der Waals surface area contributed by atoms with Crippen LogP contribution in [0.25, 0.3) is 0 Å². The van der Waals surface area contributed by atoms with E-state index in [9.17, 15) is 13.2 Å². The molecule has 1 N–H and O–H groups in total. The van der Waals surface area contributed by atoms with Crippen LogP contribution in [0, 0.1) is 19.8 Å². The minimum Gasteiger partial charge on any atom is -0.360 e. The molecule has 0 saturated carbocycles. The van der Waals surface area contributed by atoms with Gasteiger partial charge in [0.2, 0.25) is 15.9 Å². The lowest BCUT2D eigenvalue weighted by molar-refractivity contribution is -0.117. The summed E-state index contributed by atoms with van der Waals surface area (Å²) in [6.45, 7) is 5.41. The summed E-state index contributed by atoms with van der Waals surface area (Å²) in [5.74, 6) is 0.238. The van der Waals surface area contributed by atoms with Gasteiger partial charge in [0, 0.05) is 12.2 Å². The van der Waals surface area contributed by atoms with Crippen molar-refractivity contribution in [1.29, 1.82) is 0 Å². The van der Waals surface area contributed by atoms with E-state index in [1.165, 1.54) is 6.92 Å². The van der Waals surface area contributed by atoms with E-state index in [-0.39, 0.29) is 28.8 Å². The predicted molar refractivity (Wildman–Crippen MR) is 92.8 cm³/mol. The normalized spacial score (nSPS) is 17.4. The van der Waals surface area contributed by atoms with Crippen LogP contribution in [0.1, 0.15) is 23.9 Å². The maximum Gasteiger partial charge on any atom is 0.246 e. The van der Waals surface area contributed by atoms with Crippen molar-refractivity contribution in [3.8, 4) is 0 Å². The van der Waals surface area contributed by atoms with E-state index in [1.807, 2.05) is 24.3 Å². The van der Waals surface area contributed by atoms with E-state index in [1.54, 1.807) is 11.8 Å². The van der Waals surface area contributed by atoms with Gasteiger partial charge in [-0.15, -0.1) is 0 Å². The number of benzene rings is 1. The monoisotopic (exact) mass is 363 g/mol. The molecule has 3 rings (SSSR count). The molecular formula is C17H21N3O4S. The van der Waals surface area contributed by atoms with Crippen molar-refractivity contribution in [3.05, 3.63) is 41.3 Å². The summed E-state index contributed by atoms with van der Waals surface area (Å²) in [7, 11) is -3.86. The van der Waals surface area contributed by atoms with E-state index in [2.05, 4.69) is 16.8 Å². The zero-order chi connectivity index (χ0) is 18.2. The summed E-state index contributed by atoms with van der Waals surface area (Å²) in [4.78, 5) is 14.3. The number of aryl methyl sites for hydroxylation is 2. The van der Waals surface area contributed by atoms with Crippen LogP contribution in [0.2, 0.25) is 0 Å². The number of sulfonamides is 1. The molecular weight excluding hydrogens is 342 g/mol. The van der Waals surface area contributed by atoms with Crippen molar-refractivity contribution in [2.45, 2.75) is 32.1 Å². The van der Waals surface area contributed by atoms with E-state index < -0.39 is 10.0 Å². The Morgan fingerprint density at radius 3 is 2.76 bits per heavy atom. The quantitative estimate of drug-likeness (QED) is 0.894. The second-order valence-electron chi connectivity index (χ2n) is 6.42. The number of anilines is 1. The number of rotatable bonds is 4. The standard InChI is InChI=1S/C17H21N3O4S/c1-11-8-14-6-4-5-7-15(14)20(10-11)16(21)9-18-25(22,23)17-12(2)19-24-13(17)3/h4-7,11,18H,8-10H2,1-3H3. The molecule has 1 aliphatic heterocycles. The molecule has 8 heteroatoms. The van der Waals surface area contributed by atoms with Gasteiger partial charge >= 0.3 is 0 Å². The number of aromatic nitrogens is 1. The average molecular weight is 363 g/mol. The van der Waals surface area contributed by atoms with Crippen LogP contribution in [0.5, 0.6) is 0 Å². The van der Waals surface area contributed by atoms with Crippen LogP contribution in [0.3, 0.4) is 0 Å². The molecule has 1 aliphatic rings. The third-order valence-electron chi connectivity index (χ3n) is 4.30. The predicted octanol–water partition coefficient (Wildman–Crippen LogP) is 1.80. The number of carbonyl (C=O) groups is 1. The molecule has 1 aromatic heterocycles. The van der Waals surface area contributed by atoms with Gasteiger partial charge in [-0.3, -0.25) is 4.79 Å². The van der Waals surface area contributed by atoms with E-state index in [4.69, 9.17) is 4.52 Å². The molecule has 1 unspecified atom stereocenters. The third-order valence-corrected chi connectivity index (χ3v) is 5.94. The average Bonchev–Trinajstić information content (AvgIpc) is 2.91. The Morgan fingerprint density at radius 1 is 1.36 bits per heavy atom. The fourth-order valence-corrected chi connectivity index (χ4v) is 4.52.